The van der Waals surface area contributed by atoms with Crippen molar-refractivity contribution in [3.63, 3.8) is 0 Å². The molecule has 1 unspecified atom stereocenters. The van der Waals surface area contributed by atoms with E-state index >= 15 is 0 Å². The van der Waals surface area contributed by atoms with Crippen LogP contribution in [0.4, 0.5) is 5.69 Å². The summed E-state index contributed by atoms with van der Waals surface area (Å²) in [5.41, 5.74) is 2.47. The third-order valence-electron chi connectivity index (χ3n) is 6.58. The summed E-state index contributed by atoms with van der Waals surface area (Å²) in [6.07, 6.45) is 1.12. The molecule has 0 radical (unpaired) electrons. The minimum Gasteiger partial charge on any atom is -0.497 e. The Hall–Kier alpha value is -3.48. The molecular formula is C27H31NO6. The van der Waals surface area contributed by atoms with Crippen LogP contribution in [-0.2, 0) is 9.59 Å². The van der Waals surface area contributed by atoms with Crippen LogP contribution in [0.3, 0.4) is 0 Å². The molecule has 7 heteroatoms. The second-order valence-electron chi connectivity index (χ2n) is 9.43. The first-order valence-electron chi connectivity index (χ1n) is 11.3. The SMILES string of the molecule is COc1ccc(N2C(=O)CC(c3cc(OC)ccc3OC)C3=C2CC(C)(C)CC3=O)c(OC)c1. The summed E-state index contributed by atoms with van der Waals surface area (Å²) in [5, 5.41) is 0. The molecule has 2 aromatic rings. The predicted octanol–water partition coefficient (Wildman–Crippen LogP) is 4.88. The maximum Gasteiger partial charge on any atom is 0.232 e. The van der Waals surface area contributed by atoms with Gasteiger partial charge in [0.2, 0.25) is 5.91 Å². The average molecular weight is 466 g/mol. The Morgan fingerprint density at radius 1 is 0.824 bits per heavy atom. The molecule has 2 aliphatic rings. The van der Waals surface area contributed by atoms with Crippen molar-refractivity contribution in [2.45, 2.75) is 39.0 Å². The van der Waals surface area contributed by atoms with Crippen LogP contribution in [0.15, 0.2) is 47.7 Å². The number of Topliss-reactive ketones (excluding diaryl/α,β-unsaturated/α-hetero) is 1. The number of ketones is 1. The quantitative estimate of drug-likeness (QED) is 0.605. The number of methoxy groups -OCH3 is 4. The molecule has 34 heavy (non-hydrogen) atoms. The number of nitrogens with zero attached hydrogens (tertiary/aromatic N) is 1. The van der Waals surface area contributed by atoms with Crippen LogP contribution >= 0.6 is 0 Å². The number of amides is 1. The molecule has 180 valence electrons. The molecule has 1 heterocycles. The van der Waals surface area contributed by atoms with Gasteiger partial charge in [-0.3, -0.25) is 14.5 Å². The van der Waals surface area contributed by atoms with Crippen LogP contribution < -0.4 is 23.8 Å². The van der Waals surface area contributed by atoms with Crippen molar-refractivity contribution in [3.8, 4) is 23.0 Å². The molecule has 1 amide bonds. The van der Waals surface area contributed by atoms with Gasteiger partial charge >= 0.3 is 0 Å². The van der Waals surface area contributed by atoms with Crippen molar-refractivity contribution in [2.75, 3.05) is 33.3 Å². The zero-order valence-electron chi connectivity index (χ0n) is 20.6. The predicted molar refractivity (Wildman–Crippen MR) is 129 cm³/mol. The van der Waals surface area contributed by atoms with E-state index in [4.69, 9.17) is 18.9 Å². The molecule has 1 aliphatic carbocycles. The van der Waals surface area contributed by atoms with Gasteiger partial charge in [-0.2, -0.15) is 0 Å². The smallest absolute Gasteiger partial charge is 0.232 e. The fraction of sp³-hybridized carbons (Fsp3) is 0.407. The fourth-order valence-corrected chi connectivity index (χ4v) is 5.04. The molecule has 0 bridgehead atoms. The van der Waals surface area contributed by atoms with Crippen molar-refractivity contribution in [1.82, 2.24) is 0 Å². The summed E-state index contributed by atoms with van der Waals surface area (Å²) in [5.74, 6) is 1.92. The van der Waals surface area contributed by atoms with Crippen LogP contribution in [0.5, 0.6) is 23.0 Å². The summed E-state index contributed by atoms with van der Waals surface area (Å²) >= 11 is 0. The third kappa shape index (κ3) is 4.11. The molecule has 0 fully saturated rings. The molecule has 0 N–H and O–H groups in total. The zero-order chi connectivity index (χ0) is 24.6. The van der Waals surface area contributed by atoms with Gasteiger partial charge < -0.3 is 18.9 Å². The second kappa shape index (κ2) is 9.05. The lowest BCUT2D eigenvalue weighted by molar-refractivity contribution is -0.121. The van der Waals surface area contributed by atoms with Crippen molar-refractivity contribution in [3.05, 3.63) is 53.2 Å². The Bertz CT molecular complexity index is 1170. The highest BCUT2D eigenvalue weighted by atomic mass is 16.5. The molecule has 1 aliphatic heterocycles. The van der Waals surface area contributed by atoms with E-state index in [2.05, 4.69) is 13.8 Å². The molecule has 0 aromatic heterocycles. The summed E-state index contributed by atoms with van der Waals surface area (Å²) in [6, 6.07) is 10.8. The van der Waals surface area contributed by atoms with E-state index in [0.29, 0.717) is 47.1 Å². The van der Waals surface area contributed by atoms with Gasteiger partial charge in [-0.25, -0.2) is 0 Å². The van der Waals surface area contributed by atoms with Crippen molar-refractivity contribution in [1.29, 1.82) is 0 Å². The first-order valence-corrected chi connectivity index (χ1v) is 11.3. The lowest BCUT2D eigenvalue weighted by Gasteiger charge is -2.43. The van der Waals surface area contributed by atoms with Gasteiger partial charge in [0, 0.05) is 41.7 Å². The number of allylic oxidation sites excluding steroid dienone is 2. The number of rotatable bonds is 6. The lowest BCUT2D eigenvalue weighted by atomic mass is 9.69. The minimum absolute atomic E-state index is 0.0473. The number of carbonyl (C=O) groups excluding carboxylic acids is 2. The van der Waals surface area contributed by atoms with Gasteiger partial charge in [0.05, 0.1) is 34.1 Å². The first kappa shape index (κ1) is 23.7. The summed E-state index contributed by atoms with van der Waals surface area (Å²) in [6.45, 7) is 4.11. The van der Waals surface area contributed by atoms with Crippen LogP contribution in [0.25, 0.3) is 0 Å². The van der Waals surface area contributed by atoms with Gasteiger partial charge in [0.25, 0.3) is 0 Å². The number of ether oxygens (including phenoxy) is 4. The monoisotopic (exact) mass is 465 g/mol. The van der Waals surface area contributed by atoms with Crippen molar-refractivity contribution >= 4 is 17.4 Å². The summed E-state index contributed by atoms with van der Waals surface area (Å²) in [4.78, 5) is 29.0. The Labute approximate surface area is 200 Å². The van der Waals surface area contributed by atoms with E-state index in [9.17, 15) is 9.59 Å². The van der Waals surface area contributed by atoms with E-state index in [0.717, 1.165) is 11.3 Å². The molecule has 4 rings (SSSR count). The number of carbonyl (C=O) groups is 2. The summed E-state index contributed by atoms with van der Waals surface area (Å²) < 4.78 is 22.0. The van der Waals surface area contributed by atoms with E-state index in [1.54, 1.807) is 51.5 Å². The van der Waals surface area contributed by atoms with E-state index in [-0.39, 0.29) is 23.5 Å². The Balaban J connectivity index is 1.94. The van der Waals surface area contributed by atoms with E-state index in [1.165, 1.54) is 0 Å². The highest BCUT2D eigenvalue weighted by molar-refractivity contribution is 6.08. The molecule has 1 atom stereocenters. The molecule has 2 aromatic carbocycles. The van der Waals surface area contributed by atoms with Gasteiger partial charge in [0.1, 0.15) is 23.0 Å². The van der Waals surface area contributed by atoms with Gasteiger partial charge in [0.15, 0.2) is 5.78 Å². The molecule has 0 saturated carbocycles. The molecule has 7 nitrogen and oxygen atoms in total. The van der Waals surface area contributed by atoms with Crippen LogP contribution in [0.1, 0.15) is 44.6 Å². The van der Waals surface area contributed by atoms with Crippen LogP contribution in [0, 0.1) is 5.41 Å². The maximum absolute atomic E-state index is 13.7. The largest absolute Gasteiger partial charge is 0.497 e. The highest BCUT2D eigenvalue weighted by Gasteiger charge is 2.45. The number of hydrogen-bond acceptors (Lipinski definition) is 6. The minimum atomic E-state index is -0.420. The Morgan fingerprint density at radius 3 is 2.12 bits per heavy atom. The molecule has 0 spiro atoms. The Morgan fingerprint density at radius 2 is 1.47 bits per heavy atom. The van der Waals surface area contributed by atoms with Crippen LogP contribution in [0.2, 0.25) is 0 Å². The first-order chi connectivity index (χ1) is 16.2. The normalized spacial score (nSPS) is 19.6. The van der Waals surface area contributed by atoms with E-state index in [1.807, 2.05) is 18.2 Å². The Kier molecular flexibility index (Phi) is 6.30. The van der Waals surface area contributed by atoms with Gasteiger partial charge in [-0.15, -0.1) is 0 Å². The number of hydrogen-bond donors (Lipinski definition) is 0. The zero-order valence-corrected chi connectivity index (χ0v) is 20.6. The van der Waals surface area contributed by atoms with Crippen molar-refractivity contribution in [2.24, 2.45) is 5.41 Å². The van der Waals surface area contributed by atoms with Crippen molar-refractivity contribution < 1.29 is 28.5 Å². The topological polar surface area (TPSA) is 74.3 Å². The maximum atomic E-state index is 13.7. The molecular weight excluding hydrogens is 434 g/mol. The van der Waals surface area contributed by atoms with Gasteiger partial charge in [-0.05, 0) is 42.2 Å². The fourth-order valence-electron chi connectivity index (χ4n) is 5.04. The van der Waals surface area contributed by atoms with Crippen LogP contribution in [-0.4, -0.2) is 40.1 Å². The third-order valence-corrected chi connectivity index (χ3v) is 6.58. The average Bonchev–Trinajstić information content (AvgIpc) is 2.82. The lowest BCUT2D eigenvalue weighted by Crippen LogP contribution is -2.44. The van der Waals surface area contributed by atoms with E-state index < -0.39 is 5.92 Å². The molecule has 0 saturated heterocycles. The highest BCUT2D eigenvalue weighted by Crippen LogP contribution is 2.51. The number of benzene rings is 2. The number of anilines is 1. The second-order valence-corrected chi connectivity index (χ2v) is 9.43. The van der Waals surface area contributed by atoms with Gasteiger partial charge in [-0.1, -0.05) is 13.8 Å². The standard InChI is InChI=1S/C27H31NO6/c1-27(2)14-21-26(22(29)15-27)19(18-11-16(31-3)8-10-23(18)33-5)13-25(30)28(21)20-9-7-17(32-4)12-24(20)34-6/h7-12,19H,13-15H2,1-6H3. The summed E-state index contributed by atoms with van der Waals surface area (Å²) in [7, 11) is 6.32.